The van der Waals surface area contributed by atoms with E-state index in [1.165, 1.54) is 37.8 Å². The van der Waals surface area contributed by atoms with Crippen LogP contribution in [0.25, 0.3) is 16.2 Å². The zero-order chi connectivity index (χ0) is 26.1. The molecule has 9 heteroatoms. The van der Waals surface area contributed by atoms with Crippen LogP contribution >= 0.6 is 11.3 Å². The van der Waals surface area contributed by atoms with Gasteiger partial charge in [-0.2, -0.15) is 0 Å². The molecule has 204 valence electrons. The second-order valence-electron chi connectivity index (χ2n) is 11.3. The zero-order valence-corrected chi connectivity index (χ0v) is 23.8. The molecule has 38 heavy (non-hydrogen) atoms. The minimum absolute atomic E-state index is 0.147. The Kier molecular flexibility index (Phi) is 7.56. The van der Waals surface area contributed by atoms with Crippen LogP contribution in [0.1, 0.15) is 50.6 Å². The summed E-state index contributed by atoms with van der Waals surface area (Å²) >= 11 is 1.66. The van der Waals surface area contributed by atoms with Gasteiger partial charge in [-0.05, 0) is 51.8 Å². The Morgan fingerprint density at radius 3 is 2.16 bits per heavy atom. The number of aromatic nitrogens is 3. The highest BCUT2D eigenvalue weighted by Gasteiger charge is 2.31. The minimum Gasteiger partial charge on any atom is -0.372 e. The number of amides is 1. The Morgan fingerprint density at radius 1 is 0.842 bits per heavy atom. The van der Waals surface area contributed by atoms with E-state index in [1.807, 2.05) is 4.52 Å². The molecule has 0 atom stereocenters. The Bertz CT molecular complexity index is 1230. The van der Waals surface area contributed by atoms with Gasteiger partial charge in [0, 0.05) is 69.5 Å². The van der Waals surface area contributed by atoms with Gasteiger partial charge in [0.15, 0.2) is 0 Å². The van der Waals surface area contributed by atoms with E-state index in [2.05, 4.69) is 57.8 Å². The summed E-state index contributed by atoms with van der Waals surface area (Å²) in [6, 6.07) is 8.96. The molecule has 8 nitrogen and oxygen atoms in total. The summed E-state index contributed by atoms with van der Waals surface area (Å²) in [5.74, 6) is 0.498. The van der Waals surface area contributed by atoms with Crippen molar-refractivity contribution in [2.45, 2.75) is 51.9 Å². The smallest absolute Gasteiger partial charge is 0.225 e. The van der Waals surface area contributed by atoms with Gasteiger partial charge in [-0.15, -0.1) is 5.10 Å². The van der Waals surface area contributed by atoms with E-state index in [-0.39, 0.29) is 5.92 Å². The van der Waals surface area contributed by atoms with Crippen LogP contribution in [0.2, 0.25) is 0 Å². The maximum absolute atomic E-state index is 13.0. The number of hydrogen-bond donors (Lipinski definition) is 0. The second-order valence-corrected chi connectivity index (χ2v) is 12.3. The predicted octanol–water partition coefficient (Wildman–Crippen LogP) is 4.53. The quantitative estimate of drug-likeness (QED) is 0.489. The van der Waals surface area contributed by atoms with Crippen molar-refractivity contribution in [2.24, 2.45) is 5.92 Å². The van der Waals surface area contributed by atoms with E-state index in [1.54, 1.807) is 11.3 Å². The van der Waals surface area contributed by atoms with E-state index in [0.717, 1.165) is 92.2 Å². The normalized spacial score (nSPS) is 20.6. The second kappa shape index (κ2) is 11.2. The molecule has 0 spiro atoms. The number of likely N-dealkylation sites (N-methyl/N-ethyl adjacent to an activating group) is 1. The molecule has 0 radical (unpaired) electrons. The van der Waals surface area contributed by atoms with Crippen molar-refractivity contribution in [3.05, 3.63) is 30.0 Å². The average Bonchev–Trinajstić information content (AvgIpc) is 3.48. The maximum Gasteiger partial charge on any atom is 0.225 e. The van der Waals surface area contributed by atoms with Crippen molar-refractivity contribution >= 4 is 33.0 Å². The van der Waals surface area contributed by atoms with Crippen molar-refractivity contribution in [1.82, 2.24) is 24.4 Å². The van der Waals surface area contributed by atoms with E-state index in [9.17, 15) is 4.79 Å². The molecule has 0 aliphatic carbocycles. The largest absolute Gasteiger partial charge is 0.372 e. The van der Waals surface area contributed by atoms with Gasteiger partial charge in [-0.1, -0.05) is 42.7 Å². The number of hydrogen-bond acceptors (Lipinski definition) is 7. The molecule has 3 fully saturated rings. The SMILES string of the molecule is Cc1c(-c2ccc(N3CCCCCCC3)cc2)nc2sc(N3CCC(C(=O)N4CCN(C)CC4)CC3)nn12. The van der Waals surface area contributed by atoms with Crippen LogP contribution in [0, 0.1) is 12.8 Å². The molecule has 5 heterocycles. The molecule has 3 saturated heterocycles. The summed E-state index contributed by atoms with van der Waals surface area (Å²) in [4.78, 5) is 28.2. The van der Waals surface area contributed by atoms with Crippen molar-refractivity contribution in [3.8, 4) is 11.3 Å². The standard InChI is InChI=1S/C29H41N7OS/c1-22-26(23-8-10-25(11-9-23)33-14-6-4-3-5-7-15-33)30-28-36(22)31-29(38-28)35-16-12-24(13-17-35)27(37)34-20-18-32(2)19-21-34/h8-11,24H,3-7,12-21H2,1-2H3. The molecule has 3 aliphatic rings. The van der Waals surface area contributed by atoms with Crippen LogP contribution in [-0.4, -0.2) is 89.7 Å². The number of carbonyl (C=O) groups is 1. The number of carbonyl (C=O) groups excluding carboxylic acids is 1. The number of nitrogens with zero attached hydrogens (tertiary/aromatic N) is 7. The van der Waals surface area contributed by atoms with Crippen LogP contribution in [0.4, 0.5) is 10.8 Å². The molecule has 1 amide bonds. The van der Waals surface area contributed by atoms with Crippen LogP contribution in [0.5, 0.6) is 0 Å². The summed E-state index contributed by atoms with van der Waals surface area (Å²) < 4.78 is 2.00. The van der Waals surface area contributed by atoms with Gasteiger partial charge in [0.2, 0.25) is 16.0 Å². The molecule has 1 aromatic carbocycles. The fourth-order valence-corrected chi connectivity index (χ4v) is 7.18. The molecule has 6 rings (SSSR count). The van der Waals surface area contributed by atoms with Gasteiger partial charge in [-0.25, -0.2) is 9.50 Å². The van der Waals surface area contributed by atoms with Crippen molar-refractivity contribution in [2.75, 3.05) is 69.2 Å². The Hall–Kier alpha value is -2.65. The number of rotatable bonds is 4. The topological polar surface area (TPSA) is 60.2 Å². The lowest BCUT2D eigenvalue weighted by Gasteiger charge is -2.37. The summed E-state index contributed by atoms with van der Waals surface area (Å²) in [6.45, 7) is 9.88. The molecular formula is C29H41N7OS. The average molecular weight is 536 g/mol. The highest BCUT2D eigenvalue weighted by Crippen LogP contribution is 2.33. The first-order valence-electron chi connectivity index (χ1n) is 14.5. The van der Waals surface area contributed by atoms with Crippen LogP contribution in [0.3, 0.4) is 0 Å². The third kappa shape index (κ3) is 5.27. The Labute approximate surface area is 230 Å². The van der Waals surface area contributed by atoms with Crippen molar-refractivity contribution in [3.63, 3.8) is 0 Å². The number of anilines is 2. The van der Waals surface area contributed by atoms with Gasteiger partial charge in [-0.3, -0.25) is 4.79 Å². The van der Waals surface area contributed by atoms with Crippen LogP contribution in [0.15, 0.2) is 24.3 Å². The molecule has 3 aromatic rings. The molecule has 0 unspecified atom stereocenters. The van der Waals surface area contributed by atoms with E-state index < -0.39 is 0 Å². The van der Waals surface area contributed by atoms with Gasteiger partial charge < -0.3 is 19.6 Å². The Balaban J connectivity index is 1.10. The lowest BCUT2D eigenvalue weighted by Crippen LogP contribution is -2.50. The number of fused-ring (bicyclic) bond motifs is 1. The summed E-state index contributed by atoms with van der Waals surface area (Å²) in [6.07, 6.45) is 8.46. The third-order valence-electron chi connectivity index (χ3n) is 8.71. The Morgan fingerprint density at radius 2 is 1.50 bits per heavy atom. The summed E-state index contributed by atoms with van der Waals surface area (Å²) in [7, 11) is 2.13. The number of piperazine rings is 1. The van der Waals surface area contributed by atoms with Gasteiger partial charge >= 0.3 is 0 Å². The van der Waals surface area contributed by atoms with Gasteiger partial charge in [0.05, 0.1) is 11.4 Å². The fraction of sp³-hybridized carbons (Fsp3) is 0.621. The van der Waals surface area contributed by atoms with Gasteiger partial charge in [0.25, 0.3) is 0 Å². The lowest BCUT2D eigenvalue weighted by molar-refractivity contribution is -0.137. The highest BCUT2D eigenvalue weighted by molar-refractivity contribution is 7.20. The maximum atomic E-state index is 13.0. The summed E-state index contributed by atoms with van der Waals surface area (Å²) in [5.41, 5.74) is 4.58. The van der Waals surface area contributed by atoms with Crippen molar-refractivity contribution in [1.29, 1.82) is 0 Å². The fourth-order valence-electron chi connectivity index (χ4n) is 6.18. The van der Waals surface area contributed by atoms with E-state index in [4.69, 9.17) is 10.1 Å². The summed E-state index contributed by atoms with van der Waals surface area (Å²) in [5, 5.41) is 5.96. The number of benzene rings is 1. The zero-order valence-electron chi connectivity index (χ0n) is 22.9. The molecule has 2 aromatic heterocycles. The number of piperidine rings is 1. The third-order valence-corrected chi connectivity index (χ3v) is 9.68. The number of aryl methyl sites for hydroxylation is 1. The van der Waals surface area contributed by atoms with Crippen LogP contribution in [-0.2, 0) is 4.79 Å². The van der Waals surface area contributed by atoms with Crippen molar-refractivity contribution < 1.29 is 4.79 Å². The van der Waals surface area contributed by atoms with Gasteiger partial charge in [0.1, 0.15) is 0 Å². The number of imidazole rings is 1. The molecule has 3 aliphatic heterocycles. The molecule has 0 N–H and O–H groups in total. The first-order valence-corrected chi connectivity index (χ1v) is 15.3. The monoisotopic (exact) mass is 535 g/mol. The highest BCUT2D eigenvalue weighted by atomic mass is 32.1. The first kappa shape index (κ1) is 25.6. The predicted molar refractivity (Wildman–Crippen MR) is 155 cm³/mol. The first-order chi connectivity index (χ1) is 18.6. The molecular weight excluding hydrogens is 494 g/mol. The minimum atomic E-state index is 0.147. The molecule has 0 saturated carbocycles. The van der Waals surface area contributed by atoms with Crippen LogP contribution < -0.4 is 9.80 Å². The molecule has 0 bridgehead atoms. The lowest BCUT2D eigenvalue weighted by atomic mass is 9.95. The van der Waals surface area contributed by atoms with E-state index >= 15 is 0 Å². The van der Waals surface area contributed by atoms with E-state index in [0.29, 0.717) is 5.91 Å².